The standard InChI is InChI=1S/C20H26F2N4O4S/c1-14-5-7-20(8-6-14)18(27)26(19(28)23-20)13-24-9-11-25(12-10-24)31(29,30)17-15(21)3-2-4-16(17)22/h2-4,14H,5-13H2,1H3,(H,23,28)/p+1. The Labute approximate surface area is 180 Å². The van der Waals surface area contributed by atoms with Crippen LogP contribution in [0.5, 0.6) is 0 Å². The molecule has 0 unspecified atom stereocenters. The van der Waals surface area contributed by atoms with Crippen molar-refractivity contribution in [3.05, 3.63) is 29.8 Å². The van der Waals surface area contributed by atoms with Crippen molar-refractivity contribution in [1.29, 1.82) is 0 Å². The van der Waals surface area contributed by atoms with E-state index in [4.69, 9.17) is 0 Å². The lowest BCUT2D eigenvalue weighted by Gasteiger charge is -2.34. The molecule has 1 saturated carbocycles. The number of nitrogens with zero attached hydrogens (tertiary/aromatic N) is 2. The molecule has 0 aromatic heterocycles. The molecule has 1 aliphatic carbocycles. The highest BCUT2D eigenvalue weighted by Crippen LogP contribution is 2.36. The summed E-state index contributed by atoms with van der Waals surface area (Å²) in [6.45, 7) is 2.99. The average molecular weight is 458 g/mol. The maximum Gasteiger partial charge on any atom is 0.329 e. The summed E-state index contributed by atoms with van der Waals surface area (Å²) in [5.41, 5.74) is -0.809. The highest BCUT2D eigenvalue weighted by molar-refractivity contribution is 7.89. The van der Waals surface area contributed by atoms with Crippen molar-refractivity contribution in [2.45, 2.75) is 43.0 Å². The molecule has 2 heterocycles. The van der Waals surface area contributed by atoms with Gasteiger partial charge in [0.15, 0.2) is 11.6 Å². The van der Waals surface area contributed by atoms with Gasteiger partial charge in [0.25, 0.3) is 5.91 Å². The number of piperazine rings is 1. The van der Waals surface area contributed by atoms with E-state index in [0.29, 0.717) is 31.8 Å². The van der Waals surface area contributed by atoms with E-state index in [1.54, 1.807) is 0 Å². The Kier molecular flexibility index (Phi) is 5.78. The summed E-state index contributed by atoms with van der Waals surface area (Å²) < 4.78 is 54.5. The first-order valence-electron chi connectivity index (χ1n) is 10.6. The van der Waals surface area contributed by atoms with Crippen molar-refractivity contribution in [2.75, 3.05) is 32.8 Å². The fraction of sp³-hybridized carbons (Fsp3) is 0.600. The van der Waals surface area contributed by atoms with Crippen molar-refractivity contribution >= 4 is 22.0 Å². The minimum absolute atomic E-state index is 0.0394. The van der Waals surface area contributed by atoms with Crippen LogP contribution in [0.1, 0.15) is 32.6 Å². The molecule has 4 rings (SSSR count). The van der Waals surface area contributed by atoms with Crippen LogP contribution >= 0.6 is 0 Å². The molecule has 2 N–H and O–H groups in total. The van der Waals surface area contributed by atoms with Crippen molar-refractivity contribution < 1.29 is 31.7 Å². The van der Waals surface area contributed by atoms with E-state index in [9.17, 15) is 26.8 Å². The number of sulfonamides is 1. The van der Waals surface area contributed by atoms with Gasteiger partial charge in [0, 0.05) is 0 Å². The molecule has 11 heteroatoms. The van der Waals surface area contributed by atoms with Gasteiger partial charge in [0.2, 0.25) is 10.0 Å². The SMILES string of the molecule is CC1CCC2(CC1)NC(=O)N(C[NH+]1CCN(S(=O)(=O)c3c(F)cccc3F)CC1)C2=O. The summed E-state index contributed by atoms with van der Waals surface area (Å²) in [6, 6.07) is 2.53. The minimum atomic E-state index is -4.31. The van der Waals surface area contributed by atoms with Crippen LogP contribution in [0.15, 0.2) is 23.1 Å². The molecule has 8 nitrogen and oxygen atoms in total. The molecule has 1 spiro atoms. The van der Waals surface area contributed by atoms with Crippen LogP contribution in [-0.2, 0) is 14.8 Å². The predicted molar refractivity (Wildman–Crippen MR) is 106 cm³/mol. The van der Waals surface area contributed by atoms with E-state index in [1.165, 1.54) is 4.90 Å². The highest BCUT2D eigenvalue weighted by atomic mass is 32.2. The number of amides is 3. The zero-order valence-electron chi connectivity index (χ0n) is 17.4. The summed E-state index contributed by atoms with van der Waals surface area (Å²) in [7, 11) is -4.31. The monoisotopic (exact) mass is 457 g/mol. The zero-order chi connectivity index (χ0) is 22.4. The molecule has 2 aliphatic heterocycles. The summed E-state index contributed by atoms with van der Waals surface area (Å²) in [4.78, 5) is 26.6. The number of hydrogen-bond donors (Lipinski definition) is 2. The molecule has 0 atom stereocenters. The molecule has 1 aromatic carbocycles. The van der Waals surface area contributed by atoms with Gasteiger partial charge < -0.3 is 10.2 Å². The van der Waals surface area contributed by atoms with E-state index in [2.05, 4.69) is 12.2 Å². The maximum absolute atomic E-state index is 14.0. The summed E-state index contributed by atoms with van der Waals surface area (Å²) in [5.74, 6) is -1.92. The van der Waals surface area contributed by atoms with Crippen LogP contribution in [-0.4, -0.2) is 67.9 Å². The zero-order valence-corrected chi connectivity index (χ0v) is 18.2. The quantitative estimate of drug-likeness (QED) is 0.637. The third-order valence-electron chi connectivity index (χ3n) is 6.70. The third-order valence-corrected chi connectivity index (χ3v) is 8.65. The third kappa shape index (κ3) is 3.94. The lowest BCUT2D eigenvalue weighted by molar-refractivity contribution is -0.910. The molecule has 31 heavy (non-hydrogen) atoms. The first-order chi connectivity index (χ1) is 14.6. The Morgan fingerprint density at radius 1 is 1.13 bits per heavy atom. The summed E-state index contributed by atoms with van der Waals surface area (Å²) >= 11 is 0. The minimum Gasteiger partial charge on any atom is -0.323 e. The molecular weight excluding hydrogens is 430 g/mol. The normalized spacial score (nSPS) is 28.4. The number of urea groups is 1. The van der Waals surface area contributed by atoms with Crippen LogP contribution in [0, 0.1) is 17.6 Å². The highest BCUT2D eigenvalue weighted by Gasteiger charge is 2.53. The molecule has 0 radical (unpaired) electrons. The van der Waals surface area contributed by atoms with Crippen LogP contribution in [0.3, 0.4) is 0 Å². The van der Waals surface area contributed by atoms with Crippen molar-refractivity contribution in [3.63, 3.8) is 0 Å². The second kappa shape index (κ2) is 8.10. The van der Waals surface area contributed by atoms with Gasteiger partial charge in [-0.05, 0) is 43.7 Å². The molecule has 3 fully saturated rings. The van der Waals surface area contributed by atoms with Gasteiger partial charge in [-0.3, -0.25) is 4.79 Å². The molecule has 1 aromatic rings. The van der Waals surface area contributed by atoms with Crippen LogP contribution in [0.4, 0.5) is 13.6 Å². The number of halogens is 2. The predicted octanol–water partition coefficient (Wildman–Crippen LogP) is 0.312. The Balaban J connectivity index is 1.40. The van der Waals surface area contributed by atoms with Gasteiger partial charge in [0.05, 0.1) is 26.2 Å². The van der Waals surface area contributed by atoms with Gasteiger partial charge in [-0.15, -0.1) is 0 Å². The number of hydrogen-bond acceptors (Lipinski definition) is 4. The lowest BCUT2D eigenvalue weighted by atomic mass is 9.77. The Bertz CT molecular complexity index is 967. The summed E-state index contributed by atoms with van der Waals surface area (Å²) in [6.07, 6.45) is 3.03. The van der Waals surface area contributed by atoms with Crippen molar-refractivity contribution in [3.8, 4) is 0 Å². The smallest absolute Gasteiger partial charge is 0.323 e. The molecule has 170 valence electrons. The number of imide groups is 1. The molecule has 3 aliphatic rings. The maximum atomic E-state index is 14.0. The fourth-order valence-electron chi connectivity index (χ4n) is 4.70. The second-order valence-electron chi connectivity index (χ2n) is 8.79. The van der Waals surface area contributed by atoms with E-state index in [0.717, 1.165) is 40.2 Å². The Hall–Kier alpha value is -2.11. The van der Waals surface area contributed by atoms with Gasteiger partial charge in [-0.2, -0.15) is 4.31 Å². The van der Waals surface area contributed by atoms with Crippen LogP contribution in [0.2, 0.25) is 0 Å². The first kappa shape index (κ1) is 22.1. The van der Waals surface area contributed by atoms with E-state index in [1.807, 2.05) is 0 Å². The topological polar surface area (TPSA) is 91.2 Å². The van der Waals surface area contributed by atoms with Crippen molar-refractivity contribution in [2.24, 2.45) is 5.92 Å². The van der Waals surface area contributed by atoms with Gasteiger partial charge in [-0.1, -0.05) is 13.0 Å². The summed E-state index contributed by atoms with van der Waals surface area (Å²) in [5, 5.41) is 2.88. The number of quaternary nitrogens is 1. The molecule has 3 amide bonds. The van der Waals surface area contributed by atoms with E-state index in [-0.39, 0.29) is 25.7 Å². The number of carbonyl (C=O) groups is 2. The largest absolute Gasteiger partial charge is 0.329 e. The van der Waals surface area contributed by atoms with Gasteiger partial charge >= 0.3 is 6.03 Å². The second-order valence-corrected chi connectivity index (χ2v) is 10.7. The van der Waals surface area contributed by atoms with E-state index >= 15 is 0 Å². The number of nitrogens with one attached hydrogen (secondary N) is 2. The van der Waals surface area contributed by atoms with Crippen molar-refractivity contribution in [1.82, 2.24) is 14.5 Å². The molecule has 0 bridgehead atoms. The van der Waals surface area contributed by atoms with Gasteiger partial charge in [-0.25, -0.2) is 26.9 Å². The van der Waals surface area contributed by atoms with Crippen LogP contribution in [0.25, 0.3) is 0 Å². The Morgan fingerprint density at radius 3 is 2.29 bits per heavy atom. The van der Waals surface area contributed by atoms with Gasteiger partial charge in [0.1, 0.15) is 17.2 Å². The number of benzene rings is 1. The molecule has 2 saturated heterocycles. The average Bonchev–Trinajstić information content (AvgIpc) is 2.95. The van der Waals surface area contributed by atoms with Crippen LogP contribution < -0.4 is 10.2 Å². The lowest BCUT2D eigenvalue weighted by Crippen LogP contribution is -3.16. The molecular formula is C20H27F2N4O4S+. The first-order valence-corrected chi connectivity index (χ1v) is 12.0. The number of rotatable bonds is 4. The van der Waals surface area contributed by atoms with E-state index < -0.39 is 38.1 Å². The number of carbonyl (C=O) groups excluding carboxylic acids is 2. The Morgan fingerprint density at radius 2 is 1.71 bits per heavy atom. The fourth-order valence-corrected chi connectivity index (χ4v) is 6.25.